The number of benzene rings is 1. The Labute approximate surface area is 82.4 Å². The number of rotatable bonds is 3. The van der Waals surface area contributed by atoms with Crippen molar-refractivity contribution < 1.29 is 0 Å². The lowest BCUT2D eigenvalue weighted by Crippen LogP contribution is -1.81. The first-order valence-corrected chi connectivity index (χ1v) is 6.92. The Balaban J connectivity index is 2.96. The first-order chi connectivity index (χ1) is 6.25. The minimum absolute atomic E-state index is 0.0150. The molecular formula is C12H17P. The molecule has 0 amide bonds. The van der Waals surface area contributed by atoms with E-state index in [4.69, 9.17) is 0 Å². The smallest absolute Gasteiger partial charge is 0.0183 e. The van der Waals surface area contributed by atoms with Crippen LogP contribution in [0.2, 0.25) is 0 Å². The summed E-state index contributed by atoms with van der Waals surface area (Å²) in [6.07, 6.45) is 3.48. The van der Waals surface area contributed by atoms with Crippen LogP contribution in [0.1, 0.15) is 18.9 Å². The van der Waals surface area contributed by atoms with Gasteiger partial charge in [-0.15, -0.1) is 0 Å². The summed E-state index contributed by atoms with van der Waals surface area (Å²) in [5.41, 5.74) is 1.39. The van der Waals surface area contributed by atoms with Gasteiger partial charge in [0.05, 0.1) is 0 Å². The molecule has 0 aliphatic heterocycles. The summed E-state index contributed by atoms with van der Waals surface area (Å²) < 4.78 is 0. The molecule has 70 valence electrons. The fourth-order valence-electron chi connectivity index (χ4n) is 1.36. The molecule has 0 unspecified atom stereocenters. The minimum Gasteiger partial charge on any atom is -0.0814 e. The Hall–Kier alpha value is -0.610. The van der Waals surface area contributed by atoms with E-state index in [0.29, 0.717) is 0 Å². The Morgan fingerprint density at radius 3 is 2.31 bits per heavy atom. The van der Waals surface area contributed by atoms with Crippen molar-refractivity contribution in [2.24, 2.45) is 0 Å². The summed E-state index contributed by atoms with van der Waals surface area (Å²) in [5, 5.41) is 1.53. The molecule has 0 heterocycles. The molecule has 1 heteroatoms. The highest BCUT2D eigenvalue weighted by Gasteiger charge is 2.03. The second-order valence-corrected chi connectivity index (χ2v) is 5.53. The highest BCUT2D eigenvalue weighted by atomic mass is 31.1. The van der Waals surface area contributed by atoms with Crippen molar-refractivity contribution in [3.05, 3.63) is 42.0 Å². The molecule has 0 saturated carbocycles. The van der Waals surface area contributed by atoms with Gasteiger partial charge in [0, 0.05) is 0 Å². The maximum atomic E-state index is 2.35. The highest BCUT2D eigenvalue weighted by molar-refractivity contribution is 7.66. The average molecular weight is 192 g/mol. The largest absolute Gasteiger partial charge is 0.0814 e. The lowest BCUT2D eigenvalue weighted by atomic mass is 10.2. The Kier molecular flexibility index (Phi) is 4.18. The zero-order chi connectivity index (χ0) is 9.68. The molecule has 0 N–H and O–H groups in total. The standard InChI is InChI=1S/C12H17P/c1-4-8-12(13(2)3)11-9-6-5-7-10-11/h5-10H,4H2,1-3H3. The monoisotopic (exact) mass is 192 g/mol. The van der Waals surface area contributed by atoms with Crippen LogP contribution in [0.4, 0.5) is 0 Å². The van der Waals surface area contributed by atoms with Gasteiger partial charge in [-0.05, 0) is 30.6 Å². The predicted octanol–water partition coefficient (Wildman–Crippen LogP) is 4.18. The molecule has 1 aromatic carbocycles. The van der Waals surface area contributed by atoms with Crippen LogP contribution in [0.15, 0.2) is 36.4 Å². The van der Waals surface area contributed by atoms with Crippen LogP contribution in [0.25, 0.3) is 5.31 Å². The average Bonchev–Trinajstić information content (AvgIpc) is 2.15. The normalized spacial score (nSPS) is 12.2. The van der Waals surface area contributed by atoms with Crippen molar-refractivity contribution in [1.29, 1.82) is 0 Å². The van der Waals surface area contributed by atoms with Crippen LogP contribution >= 0.6 is 7.92 Å². The van der Waals surface area contributed by atoms with Crippen LogP contribution in [0.5, 0.6) is 0 Å². The van der Waals surface area contributed by atoms with Gasteiger partial charge in [-0.25, -0.2) is 0 Å². The van der Waals surface area contributed by atoms with E-state index in [1.54, 1.807) is 0 Å². The fourth-order valence-corrected chi connectivity index (χ4v) is 2.57. The van der Waals surface area contributed by atoms with E-state index >= 15 is 0 Å². The van der Waals surface area contributed by atoms with Crippen molar-refractivity contribution in [2.75, 3.05) is 13.3 Å². The molecule has 0 fully saturated rings. The number of hydrogen-bond acceptors (Lipinski definition) is 0. The maximum absolute atomic E-state index is 2.35. The third-order valence-electron chi connectivity index (χ3n) is 1.95. The number of allylic oxidation sites excluding steroid dienone is 1. The Morgan fingerprint density at radius 2 is 1.85 bits per heavy atom. The van der Waals surface area contributed by atoms with Crippen LogP contribution in [-0.2, 0) is 0 Å². The van der Waals surface area contributed by atoms with Gasteiger partial charge in [0.2, 0.25) is 0 Å². The molecule has 0 atom stereocenters. The molecular weight excluding hydrogens is 175 g/mol. The van der Waals surface area contributed by atoms with Crippen LogP contribution < -0.4 is 0 Å². The Morgan fingerprint density at radius 1 is 1.23 bits per heavy atom. The molecule has 0 aromatic heterocycles. The summed E-state index contributed by atoms with van der Waals surface area (Å²) in [5.74, 6) is 0. The van der Waals surface area contributed by atoms with E-state index in [1.165, 1.54) is 10.9 Å². The van der Waals surface area contributed by atoms with E-state index in [-0.39, 0.29) is 7.92 Å². The molecule has 13 heavy (non-hydrogen) atoms. The van der Waals surface area contributed by atoms with E-state index in [1.807, 2.05) is 0 Å². The molecule has 0 saturated heterocycles. The van der Waals surface area contributed by atoms with Gasteiger partial charge in [0.1, 0.15) is 0 Å². The summed E-state index contributed by atoms with van der Waals surface area (Å²) >= 11 is 0. The summed E-state index contributed by atoms with van der Waals surface area (Å²) in [6, 6.07) is 10.7. The van der Waals surface area contributed by atoms with Crippen LogP contribution in [0.3, 0.4) is 0 Å². The zero-order valence-electron chi connectivity index (χ0n) is 8.62. The zero-order valence-corrected chi connectivity index (χ0v) is 9.51. The van der Waals surface area contributed by atoms with Gasteiger partial charge in [-0.1, -0.05) is 51.3 Å². The minimum atomic E-state index is 0.0150. The van der Waals surface area contributed by atoms with Crippen molar-refractivity contribution in [3.63, 3.8) is 0 Å². The molecule has 0 radical (unpaired) electrons. The molecule has 0 aliphatic rings. The Bertz CT molecular complexity index is 272. The summed E-state index contributed by atoms with van der Waals surface area (Å²) in [4.78, 5) is 0. The number of hydrogen-bond donors (Lipinski definition) is 0. The van der Waals surface area contributed by atoms with E-state index in [2.05, 4.69) is 56.7 Å². The molecule has 1 rings (SSSR count). The highest BCUT2D eigenvalue weighted by Crippen LogP contribution is 2.43. The summed E-state index contributed by atoms with van der Waals surface area (Å²) in [7, 11) is 0.0150. The SMILES string of the molecule is CCC=C(c1ccccc1)P(C)C. The van der Waals surface area contributed by atoms with Gasteiger partial charge < -0.3 is 0 Å². The quantitative estimate of drug-likeness (QED) is 0.630. The third-order valence-corrected chi connectivity index (χ3v) is 3.35. The van der Waals surface area contributed by atoms with Gasteiger partial charge in [-0.2, -0.15) is 0 Å². The molecule has 0 bridgehead atoms. The lowest BCUT2D eigenvalue weighted by Gasteiger charge is -2.11. The molecule has 0 nitrogen and oxygen atoms in total. The first kappa shape index (κ1) is 10.5. The topological polar surface area (TPSA) is 0 Å². The van der Waals surface area contributed by atoms with Gasteiger partial charge >= 0.3 is 0 Å². The van der Waals surface area contributed by atoms with Gasteiger partial charge in [0.25, 0.3) is 0 Å². The van der Waals surface area contributed by atoms with Gasteiger partial charge in [0.15, 0.2) is 0 Å². The summed E-state index contributed by atoms with van der Waals surface area (Å²) in [6.45, 7) is 6.81. The van der Waals surface area contributed by atoms with Crippen molar-refractivity contribution in [2.45, 2.75) is 13.3 Å². The van der Waals surface area contributed by atoms with E-state index in [0.717, 1.165) is 6.42 Å². The maximum Gasteiger partial charge on any atom is -0.0183 e. The van der Waals surface area contributed by atoms with Crippen molar-refractivity contribution in [1.82, 2.24) is 0 Å². The van der Waals surface area contributed by atoms with Crippen LogP contribution in [-0.4, -0.2) is 13.3 Å². The third kappa shape index (κ3) is 2.97. The van der Waals surface area contributed by atoms with Crippen molar-refractivity contribution in [3.8, 4) is 0 Å². The lowest BCUT2D eigenvalue weighted by molar-refractivity contribution is 1.23. The molecule has 0 spiro atoms. The van der Waals surface area contributed by atoms with Crippen LogP contribution in [0, 0.1) is 0 Å². The predicted molar refractivity (Wildman–Crippen MR) is 63.5 cm³/mol. The first-order valence-electron chi connectivity index (χ1n) is 4.68. The van der Waals surface area contributed by atoms with E-state index in [9.17, 15) is 0 Å². The van der Waals surface area contributed by atoms with Gasteiger partial charge in [-0.3, -0.25) is 0 Å². The van der Waals surface area contributed by atoms with E-state index < -0.39 is 0 Å². The van der Waals surface area contributed by atoms with Crippen molar-refractivity contribution >= 4 is 13.2 Å². The molecule has 0 aliphatic carbocycles. The second-order valence-electron chi connectivity index (χ2n) is 3.26. The fraction of sp³-hybridized carbons (Fsp3) is 0.333. The molecule has 1 aromatic rings. The second kappa shape index (κ2) is 5.19.